The fourth-order valence-corrected chi connectivity index (χ4v) is 2.37. The molecule has 0 bridgehead atoms. The van der Waals surface area contributed by atoms with E-state index in [2.05, 4.69) is 37.9 Å². The highest BCUT2D eigenvalue weighted by Crippen LogP contribution is 2.23. The Hall–Kier alpha value is -0.940. The molecule has 0 aliphatic heterocycles. The molecule has 17 heavy (non-hydrogen) atoms. The molecule has 2 heterocycles. The van der Waals surface area contributed by atoms with Gasteiger partial charge in [-0.15, -0.1) is 0 Å². The number of aromatic nitrogens is 4. The lowest BCUT2D eigenvalue weighted by molar-refractivity contribution is 0.795. The van der Waals surface area contributed by atoms with Crippen LogP contribution in [0.4, 0.5) is 0 Å². The number of nitrogens with zero attached hydrogens (tertiary/aromatic N) is 4. The third kappa shape index (κ3) is 2.21. The van der Waals surface area contributed by atoms with Gasteiger partial charge in [0.15, 0.2) is 5.82 Å². The average molecular weight is 316 g/mol. The summed E-state index contributed by atoms with van der Waals surface area (Å²) in [7, 11) is 0. The van der Waals surface area contributed by atoms with Gasteiger partial charge in [-0.1, -0.05) is 6.92 Å². The maximum absolute atomic E-state index is 5.82. The van der Waals surface area contributed by atoms with Gasteiger partial charge in [-0.2, -0.15) is 10.1 Å². The number of aryl methyl sites for hydroxylation is 1. The van der Waals surface area contributed by atoms with E-state index >= 15 is 0 Å². The molecular formula is C11H12BrClN4. The van der Waals surface area contributed by atoms with E-state index in [4.69, 9.17) is 11.6 Å². The summed E-state index contributed by atoms with van der Waals surface area (Å²) in [6.07, 6.45) is 2.58. The molecule has 0 amide bonds. The van der Waals surface area contributed by atoms with Crippen LogP contribution in [0.2, 0.25) is 5.28 Å². The number of halogens is 2. The molecule has 2 rings (SSSR count). The molecule has 0 unspecified atom stereocenters. The molecule has 0 aromatic carbocycles. The minimum atomic E-state index is 0.216. The number of rotatable bonds is 2. The molecule has 0 saturated heterocycles. The molecule has 0 N–H and O–H groups in total. The molecule has 0 saturated carbocycles. The van der Waals surface area contributed by atoms with Gasteiger partial charge in [0.05, 0.1) is 10.2 Å². The van der Waals surface area contributed by atoms with Crippen molar-refractivity contribution in [3.05, 3.63) is 32.9 Å². The van der Waals surface area contributed by atoms with Gasteiger partial charge in [-0.05, 0) is 53.4 Å². The zero-order valence-corrected chi connectivity index (χ0v) is 12.2. The lowest BCUT2D eigenvalue weighted by Gasteiger charge is -2.06. The van der Waals surface area contributed by atoms with E-state index in [-0.39, 0.29) is 5.28 Å². The summed E-state index contributed by atoms with van der Waals surface area (Å²) >= 11 is 9.23. The van der Waals surface area contributed by atoms with Crippen molar-refractivity contribution in [2.75, 3.05) is 0 Å². The maximum atomic E-state index is 5.82. The Morgan fingerprint density at radius 2 is 2.12 bits per heavy atom. The minimum Gasteiger partial charge on any atom is -0.225 e. The second-order valence-electron chi connectivity index (χ2n) is 3.73. The van der Waals surface area contributed by atoms with Crippen molar-refractivity contribution >= 4 is 27.5 Å². The Balaban J connectivity index is 2.64. The van der Waals surface area contributed by atoms with Crippen molar-refractivity contribution in [3.63, 3.8) is 0 Å². The van der Waals surface area contributed by atoms with Crippen LogP contribution in [-0.2, 0) is 6.42 Å². The highest BCUT2D eigenvalue weighted by molar-refractivity contribution is 9.10. The fourth-order valence-electron chi connectivity index (χ4n) is 1.88. The van der Waals surface area contributed by atoms with Gasteiger partial charge >= 0.3 is 0 Å². The van der Waals surface area contributed by atoms with Crippen LogP contribution in [0.1, 0.15) is 23.9 Å². The molecule has 2 aromatic heterocycles. The molecular weight excluding hydrogens is 304 g/mol. The SMILES string of the molecule is CCc1c(C)nn(-c2nc(Cl)ncc2Br)c1C. The van der Waals surface area contributed by atoms with Crippen LogP contribution in [-0.4, -0.2) is 19.7 Å². The van der Waals surface area contributed by atoms with Crippen LogP contribution in [0.15, 0.2) is 10.7 Å². The molecule has 4 nitrogen and oxygen atoms in total. The second-order valence-corrected chi connectivity index (χ2v) is 4.92. The number of hydrogen-bond donors (Lipinski definition) is 0. The Bertz CT molecular complexity index is 565. The first-order valence-electron chi connectivity index (χ1n) is 5.28. The standard InChI is InChI=1S/C11H12BrClN4/c1-4-8-6(2)16-17(7(8)3)10-9(12)5-14-11(13)15-10/h5H,4H2,1-3H3. The normalized spacial score (nSPS) is 10.9. The van der Waals surface area contributed by atoms with Crippen LogP contribution in [0.3, 0.4) is 0 Å². The second kappa shape index (κ2) is 4.74. The van der Waals surface area contributed by atoms with Crippen molar-refractivity contribution < 1.29 is 0 Å². The van der Waals surface area contributed by atoms with Gasteiger partial charge in [0.2, 0.25) is 5.28 Å². The molecule has 2 aromatic rings. The van der Waals surface area contributed by atoms with E-state index in [9.17, 15) is 0 Å². The predicted octanol–water partition coefficient (Wildman–Crippen LogP) is 3.26. The highest BCUT2D eigenvalue weighted by atomic mass is 79.9. The largest absolute Gasteiger partial charge is 0.225 e. The molecule has 6 heteroatoms. The first-order chi connectivity index (χ1) is 8.04. The van der Waals surface area contributed by atoms with Crippen LogP contribution in [0, 0.1) is 13.8 Å². The minimum absolute atomic E-state index is 0.216. The van der Waals surface area contributed by atoms with Gasteiger partial charge in [0, 0.05) is 11.9 Å². The zero-order chi connectivity index (χ0) is 12.6. The van der Waals surface area contributed by atoms with E-state index in [1.165, 1.54) is 5.56 Å². The topological polar surface area (TPSA) is 43.6 Å². The van der Waals surface area contributed by atoms with Crippen molar-refractivity contribution in [1.29, 1.82) is 0 Å². The Labute approximate surface area is 113 Å². The van der Waals surface area contributed by atoms with E-state index in [0.717, 1.165) is 22.3 Å². The Morgan fingerprint density at radius 1 is 1.41 bits per heavy atom. The van der Waals surface area contributed by atoms with E-state index < -0.39 is 0 Å². The summed E-state index contributed by atoms with van der Waals surface area (Å²) in [5, 5.41) is 4.71. The third-order valence-electron chi connectivity index (χ3n) is 2.69. The summed E-state index contributed by atoms with van der Waals surface area (Å²) in [6, 6.07) is 0. The van der Waals surface area contributed by atoms with Crippen molar-refractivity contribution in [3.8, 4) is 5.82 Å². The quantitative estimate of drug-likeness (QED) is 0.799. The molecule has 0 radical (unpaired) electrons. The van der Waals surface area contributed by atoms with Gasteiger partial charge < -0.3 is 0 Å². The van der Waals surface area contributed by atoms with Crippen LogP contribution in [0.25, 0.3) is 5.82 Å². The molecule has 0 aliphatic carbocycles. The van der Waals surface area contributed by atoms with E-state index in [1.54, 1.807) is 10.9 Å². The molecule has 0 fully saturated rings. The van der Waals surface area contributed by atoms with Gasteiger partial charge in [0.1, 0.15) is 0 Å². The van der Waals surface area contributed by atoms with Crippen LogP contribution in [0.5, 0.6) is 0 Å². The summed E-state index contributed by atoms with van der Waals surface area (Å²) < 4.78 is 2.57. The number of hydrogen-bond acceptors (Lipinski definition) is 3. The molecule has 0 aliphatic rings. The zero-order valence-electron chi connectivity index (χ0n) is 9.83. The van der Waals surface area contributed by atoms with Crippen molar-refractivity contribution in [1.82, 2.24) is 19.7 Å². The first kappa shape index (κ1) is 12.5. The van der Waals surface area contributed by atoms with E-state index in [0.29, 0.717) is 5.82 Å². The monoisotopic (exact) mass is 314 g/mol. The summed E-state index contributed by atoms with van der Waals surface area (Å²) in [5.74, 6) is 0.672. The fraction of sp³-hybridized carbons (Fsp3) is 0.364. The van der Waals surface area contributed by atoms with Crippen molar-refractivity contribution in [2.45, 2.75) is 27.2 Å². The molecule has 0 spiro atoms. The molecule has 0 atom stereocenters. The molecule has 90 valence electrons. The van der Waals surface area contributed by atoms with Crippen molar-refractivity contribution in [2.24, 2.45) is 0 Å². The van der Waals surface area contributed by atoms with E-state index in [1.807, 2.05) is 13.8 Å². The van der Waals surface area contributed by atoms with Crippen LogP contribution >= 0.6 is 27.5 Å². The van der Waals surface area contributed by atoms with Gasteiger partial charge in [-0.3, -0.25) is 0 Å². The summed E-state index contributed by atoms with van der Waals surface area (Å²) in [5.41, 5.74) is 3.35. The van der Waals surface area contributed by atoms with Gasteiger partial charge in [-0.25, -0.2) is 9.67 Å². The highest BCUT2D eigenvalue weighted by Gasteiger charge is 2.14. The third-order valence-corrected chi connectivity index (χ3v) is 3.43. The first-order valence-corrected chi connectivity index (χ1v) is 6.45. The smallest absolute Gasteiger partial charge is 0.224 e. The summed E-state index contributed by atoms with van der Waals surface area (Å²) in [6.45, 7) is 6.14. The Morgan fingerprint density at radius 3 is 2.71 bits per heavy atom. The maximum Gasteiger partial charge on any atom is 0.224 e. The Kier molecular flexibility index (Phi) is 3.49. The predicted molar refractivity (Wildman–Crippen MR) is 70.7 cm³/mol. The lowest BCUT2D eigenvalue weighted by atomic mass is 10.1. The summed E-state index contributed by atoms with van der Waals surface area (Å²) in [4.78, 5) is 8.11. The average Bonchev–Trinajstić information content (AvgIpc) is 2.57. The van der Waals surface area contributed by atoms with Crippen LogP contribution < -0.4 is 0 Å². The lowest BCUT2D eigenvalue weighted by Crippen LogP contribution is -2.04. The van der Waals surface area contributed by atoms with Gasteiger partial charge in [0.25, 0.3) is 0 Å².